The molecular formula is C26H31ClN2O3. The lowest BCUT2D eigenvalue weighted by atomic mass is 9.70. The van der Waals surface area contributed by atoms with Gasteiger partial charge in [0, 0.05) is 41.9 Å². The number of hydrogen-bond donors (Lipinski definition) is 1. The van der Waals surface area contributed by atoms with E-state index in [-0.39, 0.29) is 24.2 Å². The van der Waals surface area contributed by atoms with E-state index in [0.717, 1.165) is 35.2 Å². The van der Waals surface area contributed by atoms with Gasteiger partial charge in [0.15, 0.2) is 0 Å². The van der Waals surface area contributed by atoms with Crippen molar-refractivity contribution in [3.8, 4) is 0 Å². The second kappa shape index (κ2) is 9.45. The molecule has 5 nitrogen and oxygen atoms in total. The Morgan fingerprint density at radius 2 is 1.88 bits per heavy atom. The third kappa shape index (κ3) is 5.57. The molecule has 3 rings (SSSR count). The van der Waals surface area contributed by atoms with E-state index in [4.69, 9.17) is 11.6 Å². The molecular weight excluding hydrogens is 424 g/mol. The molecule has 0 aliphatic carbocycles. The largest absolute Gasteiger partial charge is 0.481 e. The molecule has 0 spiro atoms. The number of aliphatic carboxylic acids is 1. The van der Waals surface area contributed by atoms with E-state index in [1.165, 1.54) is 0 Å². The van der Waals surface area contributed by atoms with Gasteiger partial charge in [0.2, 0.25) is 5.91 Å². The molecule has 32 heavy (non-hydrogen) atoms. The summed E-state index contributed by atoms with van der Waals surface area (Å²) in [5.41, 5.74) is 3.23. The first kappa shape index (κ1) is 24.0. The Bertz CT molecular complexity index is 1030. The summed E-state index contributed by atoms with van der Waals surface area (Å²) in [5, 5.41) is 9.98. The topological polar surface area (TPSA) is 70.5 Å². The van der Waals surface area contributed by atoms with Crippen molar-refractivity contribution >= 4 is 29.2 Å². The summed E-state index contributed by atoms with van der Waals surface area (Å²) in [6.45, 7) is 8.62. The van der Waals surface area contributed by atoms with Crippen LogP contribution in [-0.2, 0) is 21.4 Å². The standard InChI is InChI=1S/C26H31ClN2O3/c1-25(2,3)12-9-18-5-6-19(15-22(18)27)26(4)16-23(30)29(21-10-13-28-14-11-21)17-20(26)7-8-24(31)32/h5-6,10-11,13-15,17H,7-9,12,16H2,1-4H3,(H,31,32)/t26-/m0/s1. The summed E-state index contributed by atoms with van der Waals surface area (Å²) in [5.74, 6) is -0.915. The van der Waals surface area contributed by atoms with Gasteiger partial charge in [-0.05, 0) is 59.6 Å². The van der Waals surface area contributed by atoms with E-state index in [0.29, 0.717) is 11.4 Å². The molecule has 0 unspecified atom stereocenters. The van der Waals surface area contributed by atoms with Crippen molar-refractivity contribution in [2.45, 2.75) is 65.2 Å². The highest BCUT2D eigenvalue weighted by molar-refractivity contribution is 6.31. The van der Waals surface area contributed by atoms with E-state index >= 15 is 0 Å². The number of anilines is 1. The third-order valence-electron chi connectivity index (χ3n) is 6.15. The maximum absolute atomic E-state index is 13.1. The average Bonchev–Trinajstić information content (AvgIpc) is 2.72. The number of halogens is 1. The number of pyridine rings is 1. The second-order valence-corrected chi connectivity index (χ2v) is 10.3. The SMILES string of the molecule is CC(C)(C)CCc1ccc([C@]2(C)CC(=O)N(c3ccncc3)C=C2CCC(=O)O)cc1Cl. The van der Waals surface area contributed by atoms with Gasteiger partial charge in [-0.2, -0.15) is 0 Å². The van der Waals surface area contributed by atoms with Gasteiger partial charge < -0.3 is 5.11 Å². The molecule has 0 saturated heterocycles. The Morgan fingerprint density at radius 3 is 2.47 bits per heavy atom. The van der Waals surface area contributed by atoms with Crippen molar-refractivity contribution in [2.75, 3.05) is 4.90 Å². The minimum atomic E-state index is -0.865. The first-order valence-corrected chi connectivity index (χ1v) is 11.3. The molecule has 1 atom stereocenters. The number of carbonyl (C=O) groups excluding carboxylic acids is 1. The Kier molecular flexibility index (Phi) is 7.09. The number of benzene rings is 1. The fraction of sp³-hybridized carbons (Fsp3) is 0.423. The van der Waals surface area contributed by atoms with E-state index in [9.17, 15) is 14.7 Å². The normalized spacial score (nSPS) is 19.1. The van der Waals surface area contributed by atoms with Crippen molar-refractivity contribution < 1.29 is 14.7 Å². The van der Waals surface area contributed by atoms with Crippen molar-refractivity contribution in [3.63, 3.8) is 0 Å². The Morgan fingerprint density at radius 1 is 1.19 bits per heavy atom. The maximum Gasteiger partial charge on any atom is 0.303 e. The van der Waals surface area contributed by atoms with Crippen LogP contribution < -0.4 is 4.90 Å². The number of aromatic nitrogens is 1. The zero-order chi connectivity index (χ0) is 23.5. The molecule has 1 aliphatic heterocycles. The molecule has 1 aliphatic rings. The fourth-order valence-corrected chi connectivity index (χ4v) is 4.34. The first-order valence-electron chi connectivity index (χ1n) is 10.9. The van der Waals surface area contributed by atoms with Crippen molar-refractivity contribution in [3.05, 3.63) is 70.6 Å². The van der Waals surface area contributed by atoms with E-state index in [1.807, 2.05) is 25.1 Å². The number of amides is 1. The minimum Gasteiger partial charge on any atom is -0.481 e. The Labute approximate surface area is 195 Å². The van der Waals surface area contributed by atoms with Crippen molar-refractivity contribution in [2.24, 2.45) is 5.41 Å². The first-order chi connectivity index (χ1) is 15.0. The van der Waals surface area contributed by atoms with Crippen LogP contribution in [0.25, 0.3) is 0 Å². The highest BCUT2D eigenvalue weighted by atomic mass is 35.5. The maximum atomic E-state index is 13.1. The molecule has 1 amide bonds. The number of aryl methyl sites for hydroxylation is 1. The lowest BCUT2D eigenvalue weighted by molar-refractivity contribution is -0.137. The molecule has 0 fully saturated rings. The summed E-state index contributed by atoms with van der Waals surface area (Å²) < 4.78 is 0. The summed E-state index contributed by atoms with van der Waals surface area (Å²) >= 11 is 6.66. The molecule has 0 bridgehead atoms. The number of nitrogens with zero attached hydrogens (tertiary/aromatic N) is 2. The molecule has 6 heteroatoms. The van der Waals surface area contributed by atoms with E-state index in [1.54, 1.807) is 35.6 Å². The smallest absolute Gasteiger partial charge is 0.303 e. The number of rotatable bonds is 7. The minimum absolute atomic E-state index is 0.00278. The van der Waals surface area contributed by atoms with Crippen LogP contribution in [0.3, 0.4) is 0 Å². The summed E-state index contributed by atoms with van der Waals surface area (Å²) in [4.78, 5) is 30.1. The van der Waals surface area contributed by atoms with Gasteiger partial charge in [-0.1, -0.05) is 51.4 Å². The Balaban J connectivity index is 1.98. The average molecular weight is 455 g/mol. The van der Waals surface area contributed by atoms with Crippen LogP contribution in [0.1, 0.15) is 64.5 Å². The predicted octanol–water partition coefficient (Wildman–Crippen LogP) is 6.16. The van der Waals surface area contributed by atoms with Gasteiger partial charge >= 0.3 is 5.97 Å². The summed E-state index contributed by atoms with van der Waals surface area (Å²) in [6.07, 6.45) is 7.56. The molecule has 170 valence electrons. The van der Waals surface area contributed by atoms with Gasteiger partial charge in [0.05, 0.1) is 5.69 Å². The van der Waals surface area contributed by atoms with E-state index < -0.39 is 11.4 Å². The van der Waals surface area contributed by atoms with Crippen LogP contribution >= 0.6 is 11.6 Å². The van der Waals surface area contributed by atoms with Gasteiger partial charge in [0.1, 0.15) is 0 Å². The van der Waals surface area contributed by atoms with Gasteiger partial charge in [-0.25, -0.2) is 0 Å². The zero-order valence-electron chi connectivity index (χ0n) is 19.2. The predicted molar refractivity (Wildman–Crippen MR) is 128 cm³/mol. The highest BCUT2D eigenvalue weighted by Crippen LogP contribution is 2.43. The second-order valence-electron chi connectivity index (χ2n) is 9.89. The summed E-state index contributed by atoms with van der Waals surface area (Å²) in [7, 11) is 0. The Hall–Kier alpha value is -2.66. The molecule has 2 aromatic rings. The quantitative estimate of drug-likeness (QED) is 0.544. The van der Waals surface area contributed by atoms with Crippen LogP contribution in [-0.4, -0.2) is 22.0 Å². The molecule has 1 N–H and O–H groups in total. The molecule has 0 saturated carbocycles. The van der Waals surface area contributed by atoms with Gasteiger partial charge in [-0.15, -0.1) is 0 Å². The number of carboxylic acid groups (broad SMARTS) is 1. The summed E-state index contributed by atoms with van der Waals surface area (Å²) in [6, 6.07) is 9.57. The van der Waals surface area contributed by atoms with Crippen LogP contribution in [0, 0.1) is 5.41 Å². The molecule has 2 heterocycles. The number of carboxylic acids is 1. The molecule has 0 radical (unpaired) electrons. The lowest BCUT2D eigenvalue weighted by Crippen LogP contribution is -2.41. The van der Waals surface area contributed by atoms with E-state index in [2.05, 4.69) is 25.8 Å². The highest BCUT2D eigenvalue weighted by Gasteiger charge is 2.39. The van der Waals surface area contributed by atoms with Crippen LogP contribution in [0.4, 0.5) is 5.69 Å². The number of hydrogen-bond acceptors (Lipinski definition) is 3. The number of carbonyl (C=O) groups is 2. The lowest BCUT2D eigenvalue weighted by Gasteiger charge is -2.39. The zero-order valence-corrected chi connectivity index (χ0v) is 19.9. The van der Waals surface area contributed by atoms with Gasteiger partial charge in [0.25, 0.3) is 0 Å². The van der Waals surface area contributed by atoms with Crippen molar-refractivity contribution in [1.82, 2.24) is 4.98 Å². The number of allylic oxidation sites excluding steroid dienone is 1. The molecule has 1 aromatic carbocycles. The monoisotopic (exact) mass is 454 g/mol. The van der Waals surface area contributed by atoms with Crippen LogP contribution in [0.15, 0.2) is 54.5 Å². The van der Waals surface area contributed by atoms with Crippen LogP contribution in [0.2, 0.25) is 5.02 Å². The van der Waals surface area contributed by atoms with Crippen molar-refractivity contribution in [1.29, 1.82) is 0 Å². The fourth-order valence-electron chi connectivity index (χ4n) is 4.07. The van der Waals surface area contributed by atoms with Gasteiger partial charge in [-0.3, -0.25) is 19.5 Å². The third-order valence-corrected chi connectivity index (χ3v) is 6.50. The molecule has 1 aromatic heterocycles. The van der Waals surface area contributed by atoms with Crippen LogP contribution in [0.5, 0.6) is 0 Å².